The summed E-state index contributed by atoms with van der Waals surface area (Å²) >= 11 is 0. The van der Waals surface area contributed by atoms with Crippen molar-refractivity contribution in [2.24, 2.45) is 10.4 Å². The summed E-state index contributed by atoms with van der Waals surface area (Å²) in [7, 11) is 3.47. The minimum absolute atomic E-state index is 0.0208. The Morgan fingerprint density at radius 3 is 2.96 bits per heavy atom. The normalized spacial score (nSPS) is 20.5. The highest BCUT2D eigenvalue weighted by molar-refractivity contribution is 5.79. The van der Waals surface area contributed by atoms with Crippen LogP contribution < -0.4 is 15.4 Å². The predicted molar refractivity (Wildman–Crippen MR) is 100 cm³/mol. The average Bonchev–Trinajstić information content (AvgIpc) is 3.10. The molecule has 25 heavy (non-hydrogen) atoms. The summed E-state index contributed by atoms with van der Waals surface area (Å²) in [4.78, 5) is 4.28. The lowest BCUT2D eigenvalue weighted by atomic mass is 9.84. The summed E-state index contributed by atoms with van der Waals surface area (Å²) in [6.07, 6.45) is 3.74. The van der Waals surface area contributed by atoms with Gasteiger partial charge in [0.25, 0.3) is 0 Å². The fourth-order valence-corrected chi connectivity index (χ4v) is 3.13. The van der Waals surface area contributed by atoms with E-state index in [2.05, 4.69) is 27.8 Å². The number of ether oxygens (including phenoxy) is 2. The van der Waals surface area contributed by atoms with Crippen molar-refractivity contribution in [2.45, 2.75) is 25.7 Å². The summed E-state index contributed by atoms with van der Waals surface area (Å²) < 4.78 is 10.8. The first-order valence-corrected chi connectivity index (χ1v) is 8.97. The molecule has 1 aromatic rings. The molecule has 2 rings (SSSR count). The van der Waals surface area contributed by atoms with Crippen LogP contribution >= 0.6 is 0 Å². The Balaban J connectivity index is 1.71. The molecule has 0 saturated carbocycles. The van der Waals surface area contributed by atoms with Crippen molar-refractivity contribution in [2.75, 3.05) is 47.1 Å². The van der Waals surface area contributed by atoms with E-state index in [-0.39, 0.29) is 12.0 Å². The summed E-state index contributed by atoms with van der Waals surface area (Å²) in [5.74, 6) is 1.70. The highest BCUT2D eigenvalue weighted by Crippen LogP contribution is 2.31. The van der Waals surface area contributed by atoms with E-state index in [1.54, 1.807) is 14.2 Å². The fraction of sp³-hybridized carbons (Fsp3) is 0.632. The maximum Gasteiger partial charge on any atom is 0.190 e. The van der Waals surface area contributed by atoms with Crippen LogP contribution in [0.4, 0.5) is 0 Å². The molecule has 3 N–H and O–H groups in total. The van der Waals surface area contributed by atoms with Crippen LogP contribution in [0.25, 0.3) is 0 Å². The summed E-state index contributed by atoms with van der Waals surface area (Å²) in [5.41, 5.74) is 1.29. The van der Waals surface area contributed by atoms with Gasteiger partial charge in [-0.15, -0.1) is 0 Å². The topological polar surface area (TPSA) is 75.1 Å². The van der Waals surface area contributed by atoms with Crippen LogP contribution in [0, 0.1) is 5.41 Å². The molecular weight excluding hydrogens is 318 g/mol. The lowest BCUT2D eigenvalue weighted by molar-refractivity contribution is 0.127. The van der Waals surface area contributed by atoms with Crippen LogP contribution in [0.1, 0.15) is 24.8 Å². The maximum absolute atomic E-state index is 9.30. The number of aliphatic hydroxyl groups excluding tert-OH is 1. The zero-order valence-corrected chi connectivity index (χ0v) is 15.4. The van der Waals surface area contributed by atoms with E-state index in [1.165, 1.54) is 5.56 Å². The summed E-state index contributed by atoms with van der Waals surface area (Å²) in [6.45, 7) is 3.28. The third-order valence-corrected chi connectivity index (χ3v) is 4.75. The Hall–Kier alpha value is -1.79. The zero-order chi connectivity index (χ0) is 18.0. The van der Waals surface area contributed by atoms with Crippen molar-refractivity contribution in [1.29, 1.82) is 0 Å². The minimum atomic E-state index is 0.0208. The first-order chi connectivity index (χ1) is 12.2. The molecule has 0 amide bonds. The van der Waals surface area contributed by atoms with E-state index in [0.717, 1.165) is 57.1 Å². The monoisotopic (exact) mass is 349 g/mol. The van der Waals surface area contributed by atoms with Gasteiger partial charge < -0.3 is 25.2 Å². The van der Waals surface area contributed by atoms with Crippen LogP contribution in [0.3, 0.4) is 0 Å². The smallest absolute Gasteiger partial charge is 0.190 e. The predicted octanol–water partition coefficient (Wildman–Crippen LogP) is 1.58. The molecule has 0 spiro atoms. The molecular formula is C19H31N3O3. The molecule has 1 saturated heterocycles. The molecule has 1 aliphatic heterocycles. The van der Waals surface area contributed by atoms with Crippen LogP contribution in [0.2, 0.25) is 0 Å². The second-order valence-electron chi connectivity index (χ2n) is 6.58. The van der Waals surface area contributed by atoms with Gasteiger partial charge in [0, 0.05) is 38.8 Å². The molecule has 0 radical (unpaired) electrons. The molecule has 0 aliphatic carbocycles. The van der Waals surface area contributed by atoms with Crippen LogP contribution in [0.5, 0.6) is 5.75 Å². The molecule has 0 bridgehead atoms. The van der Waals surface area contributed by atoms with Gasteiger partial charge in [-0.3, -0.25) is 4.99 Å². The lowest BCUT2D eigenvalue weighted by Gasteiger charge is -2.27. The molecule has 1 aliphatic rings. The summed E-state index contributed by atoms with van der Waals surface area (Å²) in [5, 5.41) is 16.0. The standard InChI is InChI=1S/C19H31N3O3/c1-20-18(22-14-19(8-11-23)9-12-25-15-19)21-10-4-6-16-5-3-7-17(13-16)24-2/h3,5,7,13,23H,4,6,8-12,14-15H2,1-2H3,(H2,20,21,22). The van der Waals surface area contributed by atoms with Crippen molar-refractivity contribution in [3.63, 3.8) is 0 Å². The van der Waals surface area contributed by atoms with E-state index >= 15 is 0 Å². The van der Waals surface area contributed by atoms with Crippen LogP contribution in [-0.2, 0) is 11.2 Å². The molecule has 6 heteroatoms. The number of methoxy groups -OCH3 is 1. The average molecular weight is 349 g/mol. The number of aliphatic hydroxyl groups is 1. The molecule has 140 valence electrons. The molecule has 1 unspecified atom stereocenters. The molecule has 1 heterocycles. The number of benzene rings is 1. The maximum atomic E-state index is 9.30. The highest BCUT2D eigenvalue weighted by atomic mass is 16.5. The second-order valence-corrected chi connectivity index (χ2v) is 6.58. The van der Waals surface area contributed by atoms with Gasteiger partial charge in [-0.2, -0.15) is 0 Å². The second kappa shape index (κ2) is 10.3. The Labute approximate surface area is 150 Å². The van der Waals surface area contributed by atoms with Gasteiger partial charge in [0.05, 0.1) is 13.7 Å². The van der Waals surface area contributed by atoms with Crippen molar-refractivity contribution >= 4 is 5.96 Å². The number of aliphatic imine (C=N–C) groups is 1. The number of guanidine groups is 1. The van der Waals surface area contributed by atoms with Crippen molar-refractivity contribution < 1.29 is 14.6 Å². The van der Waals surface area contributed by atoms with E-state index < -0.39 is 0 Å². The van der Waals surface area contributed by atoms with Crippen molar-refractivity contribution in [1.82, 2.24) is 10.6 Å². The van der Waals surface area contributed by atoms with E-state index in [9.17, 15) is 5.11 Å². The van der Waals surface area contributed by atoms with Gasteiger partial charge in [-0.1, -0.05) is 12.1 Å². The molecule has 1 fully saturated rings. The molecule has 6 nitrogen and oxygen atoms in total. The Kier molecular flexibility index (Phi) is 8.01. The van der Waals surface area contributed by atoms with Crippen LogP contribution in [-0.4, -0.2) is 58.1 Å². The van der Waals surface area contributed by atoms with Crippen molar-refractivity contribution in [3.05, 3.63) is 29.8 Å². The molecule has 1 aromatic carbocycles. The first kappa shape index (κ1) is 19.5. The number of hydrogen-bond acceptors (Lipinski definition) is 4. The Bertz CT molecular complexity index is 542. The molecule has 1 atom stereocenters. The first-order valence-electron chi connectivity index (χ1n) is 8.97. The fourth-order valence-electron chi connectivity index (χ4n) is 3.13. The van der Waals surface area contributed by atoms with Gasteiger partial charge in [-0.05, 0) is 43.4 Å². The number of aryl methyl sites for hydroxylation is 1. The third-order valence-electron chi connectivity index (χ3n) is 4.75. The number of nitrogens with one attached hydrogen (secondary N) is 2. The Morgan fingerprint density at radius 2 is 2.28 bits per heavy atom. The highest BCUT2D eigenvalue weighted by Gasteiger charge is 2.34. The zero-order valence-electron chi connectivity index (χ0n) is 15.4. The van der Waals surface area contributed by atoms with Gasteiger partial charge in [-0.25, -0.2) is 0 Å². The quantitative estimate of drug-likeness (QED) is 0.359. The van der Waals surface area contributed by atoms with Gasteiger partial charge >= 0.3 is 0 Å². The number of rotatable bonds is 9. The summed E-state index contributed by atoms with van der Waals surface area (Å²) in [6, 6.07) is 8.18. The van der Waals surface area contributed by atoms with Gasteiger partial charge in [0.1, 0.15) is 5.75 Å². The number of hydrogen-bond donors (Lipinski definition) is 3. The van der Waals surface area contributed by atoms with E-state index in [1.807, 2.05) is 12.1 Å². The minimum Gasteiger partial charge on any atom is -0.497 e. The van der Waals surface area contributed by atoms with Gasteiger partial charge in [0.15, 0.2) is 5.96 Å². The van der Waals surface area contributed by atoms with Gasteiger partial charge in [0.2, 0.25) is 0 Å². The third kappa shape index (κ3) is 6.21. The SMILES string of the molecule is CN=C(NCCCc1cccc(OC)c1)NCC1(CCO)CCOC1. The Morgan fingerprint density at radius 1 is 1.40 bits per heavy atom. The number of nitrogens with zero attached hydrogens (tertiary/aromatic N) is 1. The van der Waals surface area contributed by atoms with E-state index in [4.69, 9.17) is 9.47 Å². The lowest BCUT2D eigenvalue weighted by Crippen LogP contribution is -2.44. The van der Waals surface area contributed by atoms with Crippen LogP contribution in [0.15, 0.2) is 29.3 Å². The van der Waals surface area contributed by atoms with Crippen molar-refractivity contribution in [3.8, 4) is 5.75 Å². The van der Waals surface area contributed by atoms with E-state index in [0.29, 0.717) is 6.61 Å². The largest absolute Gasteiger partial charge is 0.497 e. The molecule has 0 aromatic heterocycles.